The van der Waals surface area contributed by atoms with Crippen LogP contribution in [-0.4, -0.2) is 37.4 Å². The van der Waals surface area contributed by atoms with Crippen molar-refractivity contribution >= 4 is 133 Å². The Labute approximate surface area is 436 Å². The van der Waals surface area contributed by atoms with Crippen LogP contribution < -0.4 is 15.2 Å². The zero-order chi connectivity index (χ0) is 50.3. The summed E-state index contributed by atoms with van der Waals surface area (Å²) in [5.74, 6) is -0.836. The first-order valence-electron chi connectivity index (χ1n) is 21.5. The van der Waals surface area contributed by atoms with Crippen LogP contribution in [0.3, 0.4) is 0 Å². The van der Waals surface area contributed by atoms with Crippen molar-refractivity contribution in [2.45, 2.75) is 94.3 Å². The summed E-state index contributed by atoms with van der Waals surface area (Å²) < 4.78 is 69.7. The van der Waals surface area contributed by atoms with E-state index in [1.165, 1.54) is 82.6 Å². The number of rotatable bonds is 9. The van der Waals surface area contributed by atoms with Gasteiger partial charge in [-0.1, -0.05) is 99.9 Å². The van der Waals surface area contributed by atoms with Crippen LogP contribution in [0.4, 0.5) is 16.2 Å². The Balaban J connectivity index is 0.000000162. The van der Waals surface area contributed by atoms with Gasteiger partial charge in [0.15, 0.2) is 0 Å². The van der Waals surface area contributed by atoms with Gasteiger partial charge >= 0.3 is 6.03 Å². The smallest absolute Gasteiger partial charge is 0.307 e. The maximum atomic E-state index is 12.5. The van der Waals surface area contributed by atoms with E-state index in [9.17, 15) is 34.8 Å². The molecule has 5 aromatic rings. The maximum absolute atomic E-state index is 12.5. The molecule has 0 saturated heterocycles. The number of isocyanates is 1. The van der Waals surface area contributed by atoms with Crippen LogP contribution in [0, 0.1) is 0 Å². The highest BCUT2D eigenvalue weighted by Crippen LogP contribution is 2.41. The average molecular weight is 1140 g/mol. The topological polar surface area (TPSA) is 199 Å². The minimum atomic E-state index is -3.88. The lowest BCUT2D eigenvalue weighted by Gasteiger charge is -2.16. The van der Waals surface area contributed by atoms with Gasteiger partial charge in [-0.3, -0.25) is 0 Å². The number of nitrogens with zero attached hydrogens (tertiary/aromatic N) is 1. The van der Waals surface area contributed by atoms with E-state index in [0.717, 1.165) is 86.7 Å². The van der Waals surface area contributed by atoms with E-state index in [2.05, 4.69) is 27.2 Å². The van der Waals surface area contributed by atoms with Gasteiger partial charge < -0.3 is 5.32 Å². The summed E-state index contributed by atoms with van der Waals surface area (Å²) >= 11 is 34.4. The molecule has 0 fully saturated rings. The molecular formula is C47H45Cl7N4O8S3. The fourth-order valence-electron chi connectivity index (χ4n) is 8.79. The summed E-state index contributed by atoms with van der Waals surface area (Å²) in [6.45, 7) is 0. The first kappa shape index (κ1) is 54.9. The number of nitrogens with two attached hydrogens (primary N) is 1. The fourth-order valence-corrected chi connectivity index (χ4v) is 12.4. The second kappa shape index (κ2) is 23.9. The summed E-state index contributed by atoms with van der Waals surface area (Å²) in [5.41, 5.74) is 13.6. The van der Waals surface area contributed by atoms with Crippen molar-refractivity contribution in [3.8, 4) is 0 Å². The second-order valence-corrected chi connectivity index (χ2v) is 25.3. The van der Waals surface area contributed by atoms with Crippen molar-refractivity contribution < 1.29 is 34.8 Å². The van der Waals surface area contributed by atoms with Gasteiger partial charge in [0, 0.05) is 16.4 Å². The molecule has 0 heterocycles. The number of primary sulfonamides is 1. The molecule has 12 nitrogen and oxygen atoms in total. The largest absolute Gasteiger partial charge is 0.332 e. The number of aryl methyl sites for hydroxylation is 4. The third kappa shape index (κ3) is 15.8. The SMILES string of the molecule is NS(=O)(=O)Cc1ccc(Cl)c(Cl)c1.O=C(Nc1c2c(cc3c1CCC3)CCC2)NS(=O)(=O)Cc1ccc(Cl)c(Cl)c1.O=C=Nc1c2c(cc3c1CCC3)CCC2.O=S(=O)(Cl)Cc1ccc(Cl)c(Cl)c1. The molecule has 0 aromatic heterocycles. The predicted octanol–water partition coefficient (Wildman–Crippen LogP) is 12.1. The third-order valence-electron chi connectivity index (χ3n) is 11.6. The number of benzene rings is 5. The van der Waals surface area contributed by atoms with Gasteiger partial charge in [-0.2, -0.15) is 4.99 Å². The molecule has 4 aliphatic rings. The van der Waals surface area contributed by atoms with Crippen LogP contribution in [0.1, 0.15) is 86.9 Å². The van der Waals surface area contributed by atoms with Gasteiger partial charge in [-0.05, 0) is 175 Å². The highest BCUT2D eigenvalue weighted by atomic mass is 35.7. The summed E-state index contributed by atoms with van der Waals surface area (Å²) in [6, 6.07) is 17.6. The van der Waals surface area contributed by atoms with Crippen LogP contribution in [-0.2, 0) is 103 Å². The van der Waals surface area contributed by atoms with Crippen molar-refractivity contribution in [3.63, 3.8) is 0 Å². The lowest BCUT2D eigenvalue weighted by atomic mass is 9.99. The Morgan fingerprint density at radius 3 is 1.29 bits per heavy atom. The van der Waals surface area contributed by atoms with Gasteiger partial charge in [0.1, 0.15) is 0 Å². The number of urea groups is 1. The molecule has 368 valence electrons. The number of hydrogen-bond acceptors (Lipinski definition) is 9. The summed E-state index contributed by atoms with van der Waals surface area (Å²) in [6.07, 6.45) is 14.6. The highest BCUT2D eigenvalue weighted by Gasteiger charge is 2.27. The summed E-state index contributed by atoms with van der Waals surface area (Å²) in [7, 11) is -5.86. The van der Waals surface area contributed by atoms with Crippen LogP contribution in [0.25, 0.3) is 0 Å². The van der Waals surface area contributed by atoms with E-state index < -0.39 is 35.1 Å². The number of halogens is 7. The van der Waals surface area contributed by atoms with Crippen molar-refractivity contribution in [3.05, 3.63) is 158 Å². The van der Waals surface area contributed by atoms with Crippen molar-refractivity contribution in [2.75, 3.05) is 5.32 Å². The van der Waals surface area contributed by atoms with Gasteiger partial charge in [0.05, 0.1) is 53.1 Å². The standard InChI is InChI=1S/C20H20Cl2N2O3S.C13H13NO.C7H5Cl3O2S.C7H7Cl2NO2S/c21-17-8-7-12(9-18(17)22)11-28(26,27)24-20(25)23-19-15-5-1-3-13(15)10-14-4-2-6-16(14)19;15-8-14-13-11-5-1-3-9(11)7-10-4-2-6-12(10)13;2*8-6-2-1-5(3-7(6)9)4-13(10,11)12/h7-10H,1-6,11H2,(H2,23,24,25);7H,1-6H2;1-3H,4H2;1-3H,4H2,(H2,10,11,12). The number of aliphatic imine (C=N–C) groups is 1. The minimum absolute atomic E-state index is 0.232. The molecule has 4 N–H and O–H groups in total. The molecule has 0 bridgehead atoms. The lowest BCUT2D eigenvalue weighted by molar-refractivity contribution is 0.256. The Morgan fingerprint density at radius 1 is 0.536 bits per heavy atom. The number of fused-ring (bicyclic) bond motifs is 4. The first-order valence-corrected chi connectivity index (χ1v) is 29.6. The lowest BCUT2D eigenvalue weighted by Crippen LogP contribution is -2.35. The molecule has 9 rings (SSSR count). The summed E-state index contributed by atoms with van der Waals surface area (Å²) in [5, 5.41) is 9.72. The molecule has 0 spiro atoms. The number of anilines is 1. The van der Waals surface area contributed by atoms with Gasteiger partial charge in [0.2, 0.25) is 35.2 Å². The van der Waals surface area contributed by atoms with E-state index in [4.69, 9.17) is 85.4 Å². The monoisotopic (exact) mass is 1130 g/mol. The molecule has 2 amide bonds. The minimum Gasteiger partial charge on any atom is -0.307 e. The molecule has 0 radical (unpaired) electrons. The van der Waals surface area contributed by atoms with E-state index in [0.29, 0.717) is 41.8 Å². The van der Waals surface area contributed by atoms with Gasteiger partial charge in [0.25, 0.3) is 0 Å². The zero-order valence-corrected chi connectivity index (χ0v) is 44.4. The quantitative estimate of drug-likeness (QED) is 0.0735. The van der Waals surface area contributed by atoms with Crippen molar-refractivity contribution in [1.29, 1.82) is 0 Å². The number of nitrogens with one attached hydrogen (secondary N) is 2. The third-order valence-corrected chi connectivity index (χ3v) is 16.7. The first-order chi connectivity index (χ1) is 32.5. The highest BCUT2D eigenvalue weighted by molar-refractivity contribution is 8.13. The Kier molecular flexibility index (Phi) is 19.0. The second-order valence-electron chi connectivity index (χ2n) is 16.7. The molecule has 0 saturated carbocycles. The van der Waals surface area contributed by atoms with Crippen LogP contribution in [0.5, 0.6) is 0 Å². The number of hydrogen-bond donors (Lipinski definition) is 3. The zero-order valence-electron chi connectivity index (χ0n) is 36.6. The van der Waals surface area contributed by atoms with E-state index in [1.807, 2.05) is 0 Å². The van der Waals surface area contributed by atoms with E-state index >= 15 is 0 Å². The average Bonchev–Trinajstić information content (AvgIpc) is 4.10. The molecule has 0 unspecified atom stereocenters. The molecule has 0 atom stereocenters. The molecule has 5 aromatic carbocycles. The molecular weight excluding hydrogens is 1090 g/mol. The van der Waals surface area contributed by atoms with Gasteiger partial charge in [-0.25, -0.2) is 44.7 Å². The van der Waals surface area contributed by atoms with E-state index in [1.54, 1.807) is 24.3 Å². The normalized spacial score (nSPS) is 14.3. The van der Waals surface area contributed by atoms with Crippen LogP contribution >= 0.6 is 80.3 Å². The number of sulfonamides is 2. The number of amides is 2. The van der Waals surface area contributed by atoms with E-state index in [-0.39, 0.29) is 22.3 Å². The molecule has 4 aliphatic carbocycles. The predicted molar refractivity (Wildman–Crippen MR) is 278 cm³/mol. The molecule has 0 aliphatic heterocycles. The molecule has 22 heteroatoms. The summed E-state index contributed by atoms with van der Waals surface area (Å²) in [4.78, 5) is 26.9. The maximum Gasteiger partial charge on any atom is 0.332 e. The van der Waals surface area contributed by atoms with Crippen molar-refractivity contribution in [2.24, 2.45) is 10.1 Å². The molecule has 69 heavy (non-hydrogen) atoms. The number of carbonyl (C=O) groups excluding carboxylic acids is 2. The van der Waals surface area contributed by atoms with Crippen LogP contribution in [0.2, 0.25) is 30.1 Å². The van der Waals surface area contributed by atoms with Crippen molar-refractivity contribution in [1.82, 2.24) is 4.72 Å². The fraction of sp³-hybridized carbons (Fsp3) is 0.319. The Morgan fingerprint density at radius 2 is 0.913 bits per heavy atom. The Bertz CT molecular complexity index is 3040. The van der Waals surface area contributed by atoms with Gasteiger partial charge in [-0.15, -0.1) is 0 Å². The van der Waals surface area contributed by atoms with Crippen LogP contribution in [0.15, 0.2) is 71.7 Å². The number of carbonyl (C=O) groups is 1. The Hall–Kier alpha value is -3.41.